The Hall–Kier alpha value is -0.410. The summed E-state index contributed by atoms with van der Waals surface area (Å²) in [5.74, 6) is 0. The second kappa shape index (κ2) is 5.27. The lowest BCUT2D eigenvalue weighted by Gasteiger charge is -1.97. The van der Waals surface area contributed by atoms with Gasteiger partial charge < -0.3 is 4.79 Å². The van der Waals surface area contributed by atoms with Gasteiger partial charge in [-0.3, -0.25) is 4.98 Å². The molecule has 0 radical (unpaired) electrons. The molecule has 2 nitrogen and oxygen atoms in total. The normalized spacial score (nSPS) is 11.4. The van der Waals surface area contributed by atoms with Crippen LogP contribution in [0.5, 0.6) is 0 Å². The molecule has 1 heterocycles. The zero-order chi connectivity index (χ0) is 7.40. The van der Waals surface area contributed by atoms with Crippen LogP contribution in [-0.4, -0.2) is 11.3 Å². The summed E-state index contributed by atoms with van der Waals surface area (Å²) in [6.45, 7) is 0. The minimum atomic E-state index is -0.221. The summed E-state index contributed by atoms with van der Waals surface area (Å²) in [6.07, 6.45) is 4.17. The van der Waals surface area contributed by atoms with Gasteiger partial charge >= 0.3 is 0 Å². The van der Waals surface area contributed by atoms with Crippen molar-refractivity contribution in [3.8, 4) is 0 Å². The first-order valence-electron chi connectivity index (χ1n) is 2.84. The lowest BCUT2D eigenvalue weighted by molar-refractivity contribution is -0.107. The fourth-order valence-corrected chi connectivity index (χ4v) is 0.888. The average Bonchev–Trinajstić information content (AvgIpc) is 2.05. The third kappa shape index (κ3) is 2.99. The molecule has 0 amide bonds. The zero-order valence-electron chi connectivity index (χ0n) is 5.61. The van der Waals surface area contributed by atoms with Gasteiger partial charge in [-0.05, 0) is 11.6 Å². The first-order valence-corrected chi connectivity index (χ1v) is 3.75. The molecule has 60 valence electrons. The second-order valence-electron chi connectivity index (χ2n) is 1.82. The molecular weight excluding hydrogens is 229 g/mol. The Morgan fingerprint density at radius 1 is 1.64 bits per heavy atom. The summed E-state index contributed by atoms with van der Waals surface area (Å²) in [5.41, 5.74) is 0.887. The van der Waals surface area contributed by atoms with E-state index < -0.39 is 0 Å². The van der Waals surface area contributed by atoms with E-state index in [1.165, 1.54) is 0 Å². The van der Waals surface area contributed by atoms with Crippen LogP contribution in [0.2, 0.25) is 0 Å². The molecule has 0 aliphatic heterocycles. The topological polar surface area (TPSA) is 30.0 Å². The Kier molecular flexibility index (Phi) is 5.07. The van der Waals surface area contributed by atoms with Crippen LogP contribution >= 0.6 is 28.3 Å². The summed E-state index contributed by atoms with van der Waals surface area (Å²) in [4.78, 5) is 13.9. The Bertz CT molecular complexity index is 217. The number of carbonyl (C=O) groups excluding carboxylic acids is 1. The highest BCUT2D eigenvalue weighted by Gasteiger charge is 2.02. The summed E-state index contributed by atoms with van der Waals surface area (Å²) in [5, 5.41) is 0. The predicted octanol–water partition coefficient (Wildman–Crippen LogP) is 2.14. The number of hydrogen-bond acceptors (Lipinski definition) is 2. The SMILES string of the molecule is Cl.O=CC(Br)c1cccnc1. The number of alkyl halides is 1. The fourth-order valence-electron chi connectivity index (χ4n) is 0.618. The van der Waals surface area contributed by atoms with Crippen LogP contribution in [-0.2, 0) is 4.79 Å². The lowest BCUT2D eigenvalue weighted by Crippen LogP contribution is -1.89. The minimum Gasteiger partial charge on any atom is -0.302 e. The van der Waals surface area contributed by atoms with Gasteiger partial charge in [-0.1, -0.05) is 22.0 Å². The third-order valence-electron chi connectivity index (χ3n) is 1.12. The molecule has 0 bridgehead atoms. The van der Waals surface area contributed by atoms with Crippen molar-refractivity contribution < 1.29 is 4.79 Å². The molecule has 0 saturated carbocycles. The van der Waals surface area contributed by atoms with E-state index in [9.17, 15) is 4.79 Å². The van der Waals surface area contributed by atoms with Gasteiger partial charge in [-0.2, -0.15) is 0 Å². The monoisotopic (exact) mass is 235 g/mol. The summed E-state index contributed by atoms with van der Waals surface area (Å²) < 4.78 is 0. The van der Waals surface area contributed by atoms with Crippen LogP contribution in [0.3, 0.4) is 0 Å². The van der Waals surface area contributed by atoms with Gasteiger partial charge in [0.1, 0.15) is 6.29 Å². The smallest absolute Gasteiger partial charge is 0.138 e. The fraction of sp³-hybridized carbons (Fsp3) is 0.143. The van der Waals surface area contributed by atoms with Crippen LogP contribution in [0, 0.1) is 0 Å². The largest absolute Gasteiger partial charge is 0.302 e. The molecule has 0 aliphatic rings. The predicted molar refractivity (Wildman–Crippen MR) is 49.2 cm³/mol. The highest BCUT2D eigenvalue weighted by Crippen LogP contribution is 2.17. The van der Waals surface area contributed by atoms with E-state index in [-0.39, 0.29) is 17.2 Å². The molecule has 0 aliphatic carbocycles. The molecule has 0 aromatic carbocycles. The molecule has 1 atom stereocenters. The van der Waals surface area contributed by atoms with Gasteiger partial charge in [-0.15, -0.1) is 12.4 Å². The molecule has 1 rings (SSSR count). The van der Waals surface area contributed by atoms with E-state index in [0.717, 1.165) is 11.8 Å². The molecular formula is C7H7BrClNO. The van der Waals surface area contributed by atoms with Gasteiger partial charge in [0.2, 0.25) is 0 Å². The van der Waals surface area contributed by atoms with Crippen LogP contribution < -0.4 is 0 Å². The van der Waals surface area contributed by atoms with Crippen molar-refractivity contribution >= 4 is 34.6 Å². The molecule has 11 heavy (non-hydrogen) atoms. The van der Waals surface area contributed by atoms with Crippen molar-refractivity contribution in [3.63, 3.8) is 0 Å². The van der Waals surface area contributed by atoms with E-state index in [0.29, 0.717) is 0 Å². The number of carbonyl (C=O) groups is 1. The van der Waals surface area contributed by atoms with E-state index in [4.69, 9.17) is 0 Å². The number of aromatic nitrogens is 1. The zero-order valence-corrected chi connectivity index (χ0v) is 8.01. The summed E-state index contributed by atoms with van der Waals surface area (Å²) >= 11 is 3.18. The second-order valence-corrected chi connectivity index (χ2v) is 2.81. The number of halogens is 2. The van der Waals surface area contributed by atoms with E-state index >= 15 is 0 Å². The number of pyridine rings is 1. The molecule has 1 aromatic rings. The highest BCUT2D eigenvalue weighted by molar-refractivity contribution is 9.09. The first-order chi connectivity index (χ1) is 4.84. The average molecular weight is 236 g/mol. The molecule has 0 saturated heterocycles. The van der Waals surface area contributed by atoms with Crippen LogP contribution in [0.1, 0.15) is 10.4 Å². The molecule has 1 unspecified atom stereocenters. The summed E-state index contributed by atoms with van der Waals surface area (Å²) in [6, 6.07) is 3.65. The number of rotatable bonds is 2. The van der Waals surface area contributed by atoms with Crippen molar-refractivity contribution in [2.24, 2.45) is 0 Å². The van der Waals surface area contributed by atoms with Crippen LogP contribution in [0.25, 0.3) is 0 Å². The first kappa shape index (κ1) is 10.6. The van der Waals surface area contributed by atoms with Crippen LogP contribution in [0.4, 0.5) is 0 Å². The van der Waals surface area contributed by atoms with Crippen molar-refractivity contribution in [2.75, 3.05) is 0 Å². The number of nitrogens with zero attached hydrogens (tertiary/aromatic N) is 1. The van der Waals surface area contributed by atoms with Crippen LogP contribution in [0.15, 0.2) is 24.5 Å². The lowest BCUT2D eigenvalue weighted by atomic mass is 10.2. The quantitative estimate of drug-likeness (QED) is 0.582. The van der Waals surface area contributed by atoms with E-state index in [1.54, 1.807) is 18.5 Å². The number of aldehydes is 1. The van der Waals surface area contributed by atoms with Crippen molar-refractivity contribution in [2.45, 2.75) is 4.83 Å². The Morgan fingerprint density at radius 2 is 2.36 bits per heavy atom. The van der Waals surface area contributed by atoms with Gasteiger partial charge in [0.15, 0.2) is 0 Å². The van der Waals surface area contributed by atoms with Crippen molar-refractivity contribution in [1.82, 2.24) is 4.98 Å². The molecule has 4 heteroatoms. The molecule has 0 spiro atoms. The Balaban J connectivity index is 0.000001000. The standard InChI is InChI=1S/C7H6BrNO.ClH/c8-7(5-10)6-2-1-3-9-4-6;/h1-5,7H;1H. The number of hydrogen-bond donors (Lipinski definition) is 0. The maximum Gasteiger partial charge on any atom is 0.138 e. The van der Waals surface area contributed by atoms with E-state index in [1.807, 2.05) is 6.07 Å². The van der Waals surface area contributed by atoms with Gasteiger partial charge in [0.25, 0.3) is 0 Å². The molecule has 1 aromatic heterocycles. The third-order valence-corrected chi connectivity index (χ3v) is 1.87. The highest BCUT2D eigenvalue weighted by atomic mass is 79.9. The maximum absolute atomic E-state index is 10.2. The van der Waals surface area contributed by atoms with E-state index in [2.05, 4.69) is 20.9 Å². The van der Waals surface area contributed by atoms with Gasteiger partial charge in [0, 0.05) is 12.4 Å². The Morgan fingerprint density at radius 3 is 2.82 bits per heavy atom. The Labute approximate surface area is 79.6 Å². The summed E-state index contributed by atoms with van der Waals surface area (Å²) in [7, 11) is 0. The minimum absolute atomic E-state index is 0. The van der Waals surface area contributed by atoms with Gasteiger partial charge in [0.05, 0.1) is 4.83 Å². The maximum atomic E-state index is 10.2. The molecule has 0 N–H and O–H groups in total. The van der Waals surface area contributed by atoms with Crippen molar-refractivity contribution in [3.05, 3.63) is 30.1 Å². The molecule has 0 fully saturated rings. The van der Waals surface area contributed by atoms with Gasteiger partial charge in [-0.25, -0.2) is 0 Å². The van der Waals surface area contributed by atoms with Crippen molar-refractivity contribution in [1.29, 1.82) is 0 Å².